The van der Waals surface area contributed by atoms with Gasteiger partial charge in [0, 0.05) is 19.0 Å². The maximum absolute atomic E-state index is 12.7. The van der Waals surface area contributed by atoms with Crippen LogP contribution in [0.15, 0.2) is 36.4 Å². The monoisotopic (exact) mass is 474 g/mol. The number of carbonyl (C=O) groups is 1. The van der Waals surface area contributed by atoms with Gasteiger partial charge >= 0.3 is 0 Å². The summed E-state index contributed by atoms with van der Waals surface area (Å²) in [4.78, 5) is 12.7. The Morgan fingerprint density at radius 2 is 1.94 bits per heavy atom. The number of hydrogen-bond acceptors (Lipinski definition) is 6. The van der Waals surface area contributed by atoms with Crippen molar-refractivity contribution in [1.82, 2.24) is 5.32 Å². The fourth-order valence-electron chi connectivity index (χ4n) is 4.39. The highest BCUT2D eigenvalue weighted by atomic mass is 32.2. The Balaban J connectivity index is 1.37. The third-order valence-electron chi connectivity index (χ3n) is 5.98. The van der Waals surface area contributed by atoms with Crippen LogP contribution in [0.25, 0.3) is 0 Å². The summed E-state index contributed by atoms with van der Waals surface area (Å²) >= 11 is 0. The molecule has 1 heterocycles. The molecule has 8 nitrogen and oxygen atoms in total. The quantitative estimate of drug-likeness (QED) is 0.632. The summed E-state index contributed by atoms with van der Waals surface area (Å²) in [7, 11) is -1.88. The van der Waals surface area contributed by atoms with Gasteiger partial charge in [-0.2, -0.15) is 0 Å². The minimum Gasteiger partial charge on any atom is -0.497 e. The maximum Gasteiger partial charge on any atom is 0.232 e. The van der Waals surface area contributed by atoms with E-state index in [0.717, 1.165) is 36.8 Å². The van der Waals surface area contributed by atoms with E-state index >= 15 is 0 Å². The number of fused-ring (bicyclic) bond motifs is 2. The van der Waals surface area contributed by atoms with Crippen LogP contribution in [-0.2, 0) is 21.2 Å². The molecular formula is C24H30N2O6S. The standard InChI is InChI=1S/C24H30N2O6S/c1-30-19-9-10-20-17(15-19)5-3-6-21(20)25-24(27)7-4-12-26(33(2,28)29)18-8-11-22-23(16-18)32-14-13-31-22/h8-11,15-16,21H,3-7,12-14H2,1-2H3,(H,25,27). The van der Waals surface area contributed by atoms with Crippen LogP contribution in [0.2, 0.25) is 0 Å². The first kappa shape index (κ1) is 23.2. The highest BCUT2D eigenvalue weighted by Gasteiger charge is 2.24. The summed E-state index contributed by atoms with van der Waals surface area (Å²) in [5.74, 6) is 1.86. The number of nitrogens with zero attached hydrogens (tertiary/aromatic N) is 1. The summed E-state index contributed by atoms with van der Waals surface area (Å²) in [6.07, 6.45) is 4.65. The Bertz CT molecular complexity index is 1120. The van der Waals surface area contributed by atoms with Crippen LogP contribution in [-0.4, -0.2) is 47.4 Å². The van der Waals surface area contributed by atoms with E-state index in [-0.39, 0.29) is 24.9 Å². The smallest absolute Gasteiger partial charge is 0.232 e. The van der Waals surface area contributed by atoms with Gasteiger partial charge in [-0.05, 0) is 61.1 Å². The second-order valence-corrected chi connectivity index (χ2v) is 10.3. The number of sulfonamides is 1. The molecule has 0 fully saturated rings. The van der Waals surface area contributed by atoms with E-state index in [1.54, 1.807) is 25.3 Å². The van der Waals surface area contributed by atoms with Gasteiger partial charge in [0.25, 0.3) is 0 Å². The second kappa shape index (κ2) is 9.91. The normalized spacial score (nSPS) is 17.1. The van der Waals surface area contributed by atoms with Gasteiger partial charge in [0.1, 0.15) is 19.0 Å². The molecule has 0 spiro atoms. The van der Waals surface area contributed by atoms with E-state index < -0.39 is 10.0 Å². The highest BCUT2D eigenvalue weighted by Crippen LogP contribution is 2.35. The second-order valence-electron chi connectivity index (χ2n) is 8.34. The van der Waals surface area contributed by atoms with Crippen LogP contribution in [0.4, 0.5) is 5.69 Å². The van der Waals surface area contributed by atoms with Crippen molar-refractivity contribution < 1.29 is 27.4 Å². The fourth-order valence-corrected chi connectivity index (χ4v) is 5.35. The third-order valence-corrected chi connectivity index (χ3v) is 7.17. The summed E-state index contributed by atoms with van der Waals surface area (Å²) in [5, 5.41) is 3.12. The Morgan fingerprint density at radius 1 is 1.15 bits per heavy atom. The van der Waals surface area contributed by atoms with Crippen LogP contribution in [0, 0.1) is 0 Å². The maximum atomic E-state index is 12.7. The zero-order valence-corrected chi connectivity index (χ0v) is 19.8. The van der Waals surface area contributed by atoms with Crippen LogP contribution < -0.4 is 23.8 Å². The number of hydrogen-bond donors (Lipinski definition) is 1. The molecule has 1 aliphatic heterocycles. The van der Waals surface area contributed by atoms with Gasteiger partial charge in [-0.25, -0.2) is 8.42 Å². The number of carbonyl (C=O) groups excluding carboxylic acids is 1. The number of benzene rings is 2. The van der Waals surface area contributed by atoms with Gasteiger partial charge in [0.2, 0.25) is 15.9 Å². The van der Waals surface area contributed by atoms with E-state index in [1.807, 2.05) is 18.2 Å². The van der Waals surface area contributed by atoms with Crippen molar-refractivity contribution in [3.63, 3.8) is 0 Å². The minimum atomic E-state index is -3.52. The molecule has 0 aromatic heterocycles. The molecule has 1 aliphatic carbocycles. The lowest BCUT2D eigenvalue weighted by atomic mass is 9.87. The van der Waals surface area contributed by atoms with Crippen molar-refractivity contribution in [3.05, 3.63) is 47.5 Å². The van der Waals surface area contributed by atoms with Crippen molar-refractivity contribution in [1.29, 1.82) is 0 Å². The van der Waals surface area contributed by atoms with Crippen LogP contribution >= 0.6 is 0 Å². The summed E-state index contributed by atoms with van der Waals surface area (Å²) in [5.41, 5.74) is 2.83. The van der Waals surface area contributed by atoms with Gasteiger partial charge in [0.15, 0.2) is 11.5 Å². The van der Waals surface area contributed by atoms with E-state index in [1.165, 1.54) is 9.87 Å². The number of rotatable bonds is 8. The number of methoxy groups -OCH3 is 1. The van der Waals surface area contributed by atoms with Crippen molar-refractivity contribution in [2.24, 2.45) is 0 Å². The molecule has 2 aromatic carbocycles. The molecule has 178 valence electrons. The van der Waals surface area contributed by atoms with Crippen molar-refractivity contribution in [2.75, 3.05) is 37.4 Å². The average molecular weight is 475 g/mol. The van der Waals surface area contributed by atoms with Crippen molar-refractivity contribution in [3.8, 4) is 17.2 Å². The van der Waals surface area contributed by atoms with Gasteiger partial charge in [-0.1, -0.05) is 6.07 Å². The lowest BCUT2D eigenvalue weighted by molar-refractivity contribution is -0.122. The van der Waals surface area contributed by atoms with Crippen molar-refractivity contribution >= 4 is 21.6 Å². The first-order chi connectivity index (χ1) is 15.8. The predicted octanol–water partition coefficient (Wildman–Crippen LogP) is 3.21. The molecule has 2 aliphatic rings. The van der Waals surface area contributed by atoms with E-state index in [4.69, 9.17) is 14.2 Å². The summed E-state index contributed by atoms with van der Waals surface area (Å²) in [6.45, 7) is 1.09. The van der Waals surface area contributed by atoms with E-state index in [2.05, 4.69) is 5.32 Å². The van der Waals surface area contributed by atoms with E-state index in [9.17, 15) is 13.2 Å². The third kappa shape index (κ3) is 5.52. The first-order valence-electron chi connectivity index (χ1n) is 11.2. The number of aryl methyl sites for hydroxylation is 1. The molecule has 2 aromatic rings. The average Bonchev–Trinajstić information content (AvgIpc) is 2.80. The molecule has 33 heavy (non-hydrogen) atoms. The first-order valence-corrected chi connectivity index (χ1v) is 13.0. The van der Waals surface area contributed by atoms with Crippen LogP contribution in [0.3, 0.4) is 0 Å². The lowest BCUT2D eigenvalue weighted by Crippen LogP contribution is -2.33. The largest absolute Gasteiger partial charge is 0.497 e. The van der Waals surface area contributed by atoms with Gasteiger partial charge in [-0.3, -0.25) is 9.10 Å². The van der Waals surface area contributed by atoms with Crippen LogP contribution in [0.1, 0.15) is 42.9 Å². The Kier molecular flexibility index (Phi) is 6.97. The van der Waals surface area contributed by atoms with Crippen molar-refractivity contribution in [2.45, 2.75) is 38.1 Å². The Labute approximate surface area is 194 Å². The molecule has 4 rings (SSSR count). The molecule has 1 N–H and O–H groups in total. The predicted molar refractivity (Wildman–Crippen MR) is 126 cm³/mol. The molecule has 1 atom stereocenters. The van der Waals surface area contributed by atoms with Gasteiger partial charge in [-0.15, -0.1) is 0 Å². The molecule has 0 saturated heterocycles. The zero-order valence-electron chi connectivity index (χ0n) is 19.0. The van der Waals surface area contributed by atoms with E-state index in [0.29, 0.717) is 36.8 Å². The number of ether oxygens (including phenoxy) is 3. The molecular weight excluding hydrogens is 444 g/mol. The SMILES string of the molecule is COc1ccc2c(c1)CCCC2NC(=O)CCCN(c1ccc2c(c1)OCCO2)S(C)(=O)=O. The zero-order chi connectivity index (χ0) is 23.4. The summed E-state index contributed by atoms with van der Waals surface area (Å²) in [6, 6.07) is 11.0. The molecule has 1 unspecified atom stereocenters. The lowest BCUT2D eigenvalue weighted by Gasteiger charge is -2.27. The Morgan fingerprint density at radius 3 is 2.70 bits per heavy atom. The number of nitrogens with one attached hydrogen (secondary N) is 1. The highest BCUT2D eigenvalue weighted by molar-refractivity contribution is 7.92. The fraction of sp³-hybridized carbons (Fsp3) is 0.458. The van der Waals surface area contributed by atoms with Gasteiger partial charge in [0.05, 0.1) is 25.1 Å². The summed E-state index contributed by atoms with van der Waals surface area (Å²) < 4.78 is 42.6. The van der Waals surface area contributed by atoms with Gasteiger partial charge < -0.3 is 19.5 Å². The minimum absolute atomic E-state index is 0.0315. The number of amides is 1. The molecule has 1 amide bonds. The topological polar surface area (TPSA) is 94.2 Å². The molecule has 9 heteroatoms. The molecule has 0 saturated carbocycles. The molecule has 0 bridgehead atoms. The van der Waals surface area contributed by atoms with Crippen LogP contribution in [0.5, 0.6) is 17.2 Å². The molecule has 0 radical (unpaired) electrons. The Hall–Kier alpha value is -2.94. The number of anilines is 1.